The number of nitrogens with two attached hydrogens (primary N) is 1. The van der Waals surface area contributed by atoms with Crippen molar-refractivity contribution in [2.24, 2.45) is 5.73 Å². The summed E-state index contributed by atoms with van der Waals surface area (Å²) < 4.78 is 24.1. The van der Waals surface area contributed by atoms with Crippen LogP contribution in [-0.4, -0.2) is 51.2 Å². The summed E-state index contributed by atoms with van der Waals surface area (Å²) in [5.41, 5.74) is 8.02. The standard InChI is InChI=1S/C18H23FN2O4Si/c1-24-13-7-6-12-10-21(16(22)14(12)15(13)19)11-18(20,17(23)25-2)8-9-26(3,4)5/h6-7H,10-11,20H2,1-5H3/t18-/m1/s1. The zero-order valence-electron chi connectivity index (χ0n) is 15.6. The van der Waals surface area contributed by atoms with E-state index in [0.29, 0.717) is 5.56 Å². The first kappa shape index (κ1) is 19.9. The number of carbonyl (C=O) groups excluding carboxylic acids is 2. The average Bonchev–Trinajstić information content (AvgIpc) is 2.88. The molecule has 1 aromatic rings. The van der Waals surface area contributed by atoms with Crippen molar-refractivity contribution < 1.29 is 23.5 Å². The molecule has 0 aliphatic carbocycles. The van der Waals surface area contributed by atoms with Gasteiger partial charge < -0.3 is 20.1 Å². The van der Waals surface area contributed by atoms with Gasteiger partial charge in [0.2, 0.25) is 0 Å². The number of benzene rings is 1. The van der Waals surface area contributed by atoms with Crippen LogP contribution < -0.4 is 10.5 Å². The van der Waals surface area contributed by atoms with Gasteiger partial charge in [0.15, 0.2) is 17.1 Å². The van der Waals surface area contributed by atoms with Crippen molar-refractivity contribution in [1.82, 2.24) is 4.90 Å². The van der Waals surface area contributed by atoms with E-state index in [2.05, 4.69) is 11.5 Å². The number of ether oxygens (including phenoxy) is 2. The number of hydrogen-bond donors (Lipinski definition) is 1. The zero-order valence-corrected chi connectivity index (χ0v) is 16.6. The first-order valence-electron chi connectivity index (χ1n) is 8.08. The molecule has 0 aromatic heterocycles. The molecule has 8 heteroatoms. The minimum Gasteiger partial charge on any atom is -0.494 e. The van der Waals surface area contributed by atoms with Gasteiger partial charge in [-0.2, -0.15) is 0 Å². The van der Waals surface area contributed by atoms with Gasteiger partial charge in [0.05, 0.1) is 26.3 Å². The van der Waals surface area contributed by atoms with Crippen molar-refractivity contribution in [3.05, 3.63) is 29.1 Å². The summed E-state index contributed by atoms with van der Waals surface area (Å²) in [7, 11) is 0.731. The fourth-order valence-electron chi connectivity index (χ4n) is 2.62. The van der Waals surface area contributed by atoms with E-state index in [1.165, 1.54) is 25.2 Å². The Bertz CT molecular complexity index is 810. The van der Waals surface area contributed by atoms with Gasteiger partial charge in [0.25, 0.3) is 5.91 Å². The molecule has 1 amide bonds. The lowest BCUT2D eigenvalue weighted by molar-refractivity contribution is -0.145. The van der Waals surface area contributed by atoms with Gasteiger partial charge in [-0.1, -0.05) is 31.6 Å². The molecule has 1 atom stereocenters. The number of esters is 1. The number of hydrogen-bond acceptors (Lipinski definition) is 5. The van der Waals surface area contributed by atoms with Crippen LogP contribution in [-0.2, 0) is 16.1 Å². The molecule has 0 bridgehead atoms. The highest BCUT2D eigenvalue weighted by atomic mass is 28.3. The quantitative estimate of drug-likeness (QED) is 0.488. The van der Waals surface area contributed by atoms with Gasteiger partial charge in [0, 0.05) is 6.54 Å². The summed E-state index contributed by atoms with van der Waals surface area (Å²) in [5.74, 6) is 0.792. The predicted molar refractivity (Wildman–Crippen MR) is 97.7 cm³/mol. The van der Waals surface area contributed by atoms with E-state index in [-0.39, 0.29) is 24.4 Å². The van der Waals surface area contributed by atoms with Gasteiger partial charge >= 0.3 is 5.97 Å². The second kappa shape index (κ2) is 7.09. The Morgan fingerprint density at radius 2 is 2.04 bits per heavy atom. The Morgan fingerprint density at radius 1 is 1.38 bits per heavy atom. The minimum atomic E-state index is -1.81. The van der Waals surface area contributed by atoms with Crippen LogP contribution in [0.25, 0.3) is 0 Å². The summed E-state index contributed by atoms with van der Waals surface area (Å²) in [5, 5.41) is 0. The molecule has 0 saturated carbocycles. The van der Waals surface area contributed by atoms with Crippen LogP contribution in [0.4, 0.5) is 4.39 Å². The summed E-state index contributed by atoms with van der Waals surface area (Å²) >= 11 is 0. The van der Waals surface area contributed by atoms with Crippen LogP contribution in [0.3, 0.4) is 0 Å². The highest BCUT2D eigenvalue weighted by Gasteiger charge is 2.41. The van der Waals surface area contributed by atoms with Gasteiger partial charge in [-0.25, -0.2) is 9.18 Å². The minimum absolute atomic E-state index is 0.00976. The lowest BCUT2D eigenvalue weighted by Crippen LogP contribution is -2.56. The number of methoxy groups -OCH3 is 2. The molecular weight excluding hydrogens is 355 g/mol. The maximum Gasteiger partial charge on any atom is 0.340 e. The van der Waals surface area contributed by atoms with Crippen molar-refractivity contribution >= 4 is 20.0 Å². The summed E-state index contributed by atoms with van der Waals surface area (Å²) in [4.78, 5) is 26.2. The van der Waals surface area contributed by atoms with E-state index in [4.69, 9.17) is 15.2 Å². The Hall–Kier alpha value is -2.37. The number of amides is 1. The van der Waals surface area contributed by atoms with Crippen LogP contribution in [0, 0.1) is 17.3 Å². The lowest BCUT2D eigenvalue weighted by Gasteiger charge is -2.27. The van der Waals surface area contributed by atoms with Crippen molar-refractivity contribution in [1.29, 1.82) is 0 Å². The Labute approximate surface area is 153 Å². The van der Waals surface area contributed by atoms with Crippen molar-refractivity contribution in [2.75, 3.05) is 20.8 Å². The van der Waals surface area contributed by atoms with Crippen molar-refractivity contribution in [3.63, 3.8) is 0 Å². The molecule has 1 heterocycles. The molecule has 0 radical (unpaired) electrons. The molecule has 140 valence electrons. The Morgan fingerprint density at radius 3 is 2.58 bits per heavy atom. The SMILES string of the molecule is COC(=O)[C@@](N)(C#C[Si](C)(C)C)CN1Cc2ccc(OC)c(F)c2C1=O. The van der Waals surface area contributed by atoms with Gasteiger partial charge in [-0.15, -0.1) is 5.54 Å². The fraction of sp³-hybridized carbons (Fsp3) is 0.444. The second-order valence-electron chi connectivity index (χ2n) is 7.24. The number of nitrogens with zero attached hydrogens (tertiary/aromatic N) is 1. The molecule has 0 spiro atoms. The van der Waals surface area contributed by atoms with E-state index in [9.17, 15) is 14.0 Å². The molecule has 26 heavy (non-hydrogen) atoms. The molecule has 0 fully saturated rings. The van der Waals surface area contributed by atoms with Crippen LogP contribution in [0.5, 0.6) is 5.75 Å². The third kappa shape index (κ3) is 3.89. The monoisotopic (exact) mass is 378 g/mol. The summed E-state index contributed by atoms with van der Waals surface area (Å²) in [6, 6.07) is 3.09. The molecule has 6 nitrogen and oxygen atoms in total. The van der Waals surface area contributed by atoms with Gasteiger partial charge in [0.1, 0.15) is 8.07 Å². The molecule has 0 saturated heterocycles. The third-order valence-corrected chi connectivity index (χ3v) is 4.80. The third-order valence-electron chi connectivity index (χ3n) is 3.93. The maximum atomic E-state index is 14.4. The van der Waals surface area contributed by atoms with E-state index < -0.39 is 31.3 Å². The molecule has 2 rings (SSSR count). The van der Waals surface area contributed by atoms with Crippen molar-refractivity contribution in [2.45, 2.75) is 31.7 Å². The molecule has 2 N–H and O–H groups in total. The number of rotatable bonds is 4. The highest BCUT2D eigenvalue weighted by Crippen LogP contribution is 2.31. The van der Waals surface area contributed by atoms with Crippen LogP contribution >= 0.6 is 0 Å². The average molecular weight is 378 g/mol. The van der Waals surface area contributed by atoms with Crippen LogP contribution in [0.15, 0.2) is 12.1 Å². The number of carbonyl (C=O) groups is 2. The second-order valence-corrected chi connectivity index (χ2v) is 12.0. The number of halogens is 1. The fourth-order valence-corrected chi connectivity index (χ4v) is 3.22. The first-order chi connectivity index (χ1) is 12.0. The largest absolute Gasteiger partial charge is 0.494 e. The number of fused-ring (bicyclic) bond motifs is 1. The molecule has 1 aliphatic rings. The predicted octanol–water partition coefficient (Wildman–Crippen LogP) is 1.54. The highest BCUT2D eigenvalue weighted by molar-refractivity contribution is 6.83. The topological polar surface area (TPSA) is 81.9 Å². The summed E-state index contributed by atoms with van der Waals surface area (Å²) in [6.07, 6.45) is 0. The molecule has 1 aromatic carbocycles. The van der Waals surface area contributed by atoms with Crippen LogP contribution in [0.1, 0.15) is 15.9 Å². The molecule has 0 unspecified atom stereocenters. The molecule has 1 aliphatic heterocycles. The Balaban J connectivity index is 2.36. The smallest absolute Gasteiger partial charge is 0.340 e. The zero-order chi connectivity index (χ0) is 19.7. The van der Waals surface area contributed by atoms with Crippen molar-refractivity contribution in [3.8, 4) is 17.2 Å². The maximum absolute atomic E-state index is 14.4. The van der Waals surface area contributed by atoms with E-state index in [0.717, 1.165) is 0 Å². The van der Waals surface area contributed by atoms with E-state index in [1.807, 2.05) is 19.6 Å². The van der Waals surface area contributed by atoms with E-state index in [1.54, 1.807) is 6.07 Å². The van der Waals surface area contributed by atoms with Crippen LogP contribution in [0.2, 0.25) is 19.6 Å². The van der Waals surface area contributed by atoms with Gasteiger partial charge in [-0.3, -0.25) is 4.79 Å². The van der Waals surface area contributed by atoms with Gasteiger partial charge in [-0.05, 0) is 11.6 Å². The lowest BCUT2D eigenvalue weighted by atomic mass is 10.0. The Kier molecular flexibility index (Phi) is 5.44. The van der Waals surface area contributed by atoms with E-state index >= 15 is 0 Å². The summed E-state index contributed by atoms with van der Waals surface area (Å²) in [6.45, 7) is 5.98. The molecular formula is C18H23FN2O4Si. The normalized spacial score (nSPS) is 15.7. The first-order valence-corrected chi connectivity index (χ1v) is 11.6.